The summed E-state index contributed by atoms with van der Waals surface area (Å²) in [6.07, 6.45) is 3.21. The minimum atomic E-state index is -0.575. The summed E-state index contributed by atoms with van der Waals surface area (Å²) in [5.74, 6) is -0.665. The summed E-state index contributed by atoms with van der Waals surface area (Å²) in [6, 6.07) is 0. The van der Waals surface area contributed by atoms with Crippen LogP contribution in [0.5, 0.6) is 0 Å². The third-order valence-electron chi connectivity index (χ3n) is 2.14. The number of ether oxygens (including phenoxy) is 1. The van der Waals surface area contributed by atoms with Crippen molar-refractivity contribution in [1.29, 1.82) is 0 Å². The highest BCUT2D eigenvalue weighted by molar-refractivity contribution is 5.69. The fourth-order valence-electron chi connectivity index (χ4n) is 1.28. The van der Waals surface area contributed by atoms with Gasteiger partial charge in [-0.15, -0.1) is 0 Å². The number of unbranched alkanes of at least 4 members (excludes halogenated alkanes) is 1. The highest BCUT2D eigenvalue weighted by atomic mass is 16.6. The molecule has 1 aromatic heterocycles. The van der Waals surface area contributed by atoms with Gasteiger partial charge in [0.2, 0.25) is 0 Å². The Labute approximate surface area is 98.5 Å². The van der Waals surface area contributed by atoms with Gasteiger partial charge in [-0.3, -0.25) is 0 Å². The van der Waals surface area contributed by atoms with Gasteiger partial charge in [-0.05, 0) is 18.3 Å². The fraction of sp³-hybridized carbons (Fsp3) is 0.600. The number of carbonyl (C=O) groups is 1. The van der Waals surface area contributed by atoms with Crippen LogP contribution in [0.4, 0.5) is 5.82 Å². The summed E-state index contributed by atoms with van der Waals surface area (Å²) in [7, 11) is 0. The molecule has 0 aromatic carbocycles. The van der Waals surface area contributed by atoms with Crippen LogP contribution < -0.4 is 0 Å². The Hall–Kier alpha value is -1.92. The molecular weight excluding hydrogens is 226 g/mol. The van der Waals surface area contributed by atoms with Crippen LogP contribution in [0, 0.1) is 17.0 Å². The zero-order valence-electron chi connectivity index (χ0n) is 9.88. The topological polar surface area (TPSA) is 87.3 Å². The van der Waals surface area contributed by atoms with Crippen LogP contribution in [0.3, 0.4) is 0 Å². The second-order valence-corrected chi connectivity index (χ2v) is 3.66. The number of nitrogens with zero attached hydrogens (tertiary/aromatic N) is 3. The monoisotopic (exact) mass is 241 g/mol. The van der Waals surface area contributed by atoms with Crippen LogP contribution in [-0.2, 0) is 16.1 Å². The van der Waals surface area contributed by atoms with Crippen molar-refractivity contribution in [3.8, 4) is 0 Å². The van der Waals surface area contributed by atoms with E-state index in [4.69, 9.17) is 4.74 Å². The summed E-state index contributed by atoms with van der Waals surface area (Å²) in [6.45, 7) is 3.84. The molecule has 1 heterocycles. The Balaban J connectivity index is 2.54. The maximum atomic E-state index is 11.3. The van der Waals surface area contributed by atoms with E-state index in [1.807, 2.05) is 6.92 Å². The van der Waals surface area contributed by atoms with Crippen molar-refractivity contribution in [3.05, 3.63) is 21.9 Å². The fourth-order valence-corrected chi connectivity index (χ4v) is 1.28. The number of rotatable bonds is 6. The minimum Gasteiger partial charge on any atom is -0.464 e. The predicted molar refractivity (Wildman–Crippen MR) is 59.5 cm³/mol. The molecule has 0 bridgehead atoms. The lowest BCUT2D eigenvalue weighted by Crippen LogP contribution is -2.14. The van der Waals surface area contributed by atoms with E-state index >= 15 is 0 Å². The molecule has 0 radical (unpaired) electrons. The SMILES string of the molecule is CCCCOC(=O)Cn1cc(C)c([N+](=O)[O-])n1. The molecule has 0 atom stereocenters. The van der Waals surface area contributed by atoms with Gasteiger partial charge in [-0.1, -0.05) is 13.3 Å². The van der Waals surface area contributed by atoms with Gasteiger partial charge in [-0.25, -0.2) is 4.79 Å². The summed E-state index contributed by atoms with van der Waals surface area (Å²) >= 11 is 0. The number of esters is 1. The van der Waals surface area contributed by atoms with Crippen LogP contribution >= 0.6 is 0 Å². The standard InChI is InChI=1S/C10H15N3O4/c1-3-4-5-17-9(14)7-12-6-8(2)10(11-12)13(15)16/h6H,3-5,7H2,1-2H3. The van der Waals surface area contributed by atoms with Gasteiger partial charge in [0, 0.05) is 0 Å². The van der Waals surface area contributed by atoms with Crippen molar-refractivity contribution in [1.82, 2.24) is 9.78 Å². The highest BCUT2D eigenvalue weighted by Crippen LogP contribution is 2.13. The third-order valence-corrected chi connectivity index (χ3v) is 2.14. The molecule has 0 fully saturated rings. The molecule has 0 spiro atoms. The second kappa shape index (κ2) is 5.97. The highest BCUT2D eigenvalue weighted by Gasteiger charge is 2.18. The van der Waals surface area contributed by atoms with E-state index in [1.165, 1.54) is 10.9 Å². The van der Waals surface area contributed by atoms with Crippen molar-refractivity contribution in [2.75, 3.05) is 6.61 Å². The lowest BCUT2D eigenvalue weighted by atomic mass is 10.4. The second-order valence-electron chi connectivity index (χ2n) is 3.66. The van der Waals surface area contributed by atoms with Crippen molar-refractivity contribution >= 4 is 11.8 Å². The van der Waals surface area contributed by atoms with Gasteiger partial charge < -0.3 is 14.9 Å². The Morgan fingerprint density at radius 3 is 2.88 bits per heavy atom. The largest absolute Gasteiger partial charge is 0.464 e. The van der Waals surface area contributed by atoms with Gasteiger partial charge in [-0.2, -0.15) is 4.68 Å². The van der Waals surface area contributed by atoms with E-state index < -0.39 is 10.9 Å². The number of aryl methyl sites for hydroxylation is 1. The zero-order chi connectivity index (χ0) is 12.8. The van der Waals surface area contributed by atoms with E-state index in [9.17, 15) is 14.9 Å². The maximum absolute atomic E-state index is 11.3. The van der Waals surface area contributed by atoms with Gasteiger partial charge in [0.05, 0.1) is 23.5 Å². The van der Waals surface area contributed by atoms with Crippen LogP contribution in [0.1, 0.15) is 25.3 Å². The molecule has 1 aromatic rings. The van der Waals surface area contributed by atoms with Crippen LogP contribution in [0.2, 0.25) is 0 Å². The quantitative estimate of drug-likeness (QED) is 0.325. The zero-order valence-corrected chi connectivity index (χ0v) is 9.88. The molecule has 7 heteroatoms. The number of hydrogen-bond acceptors (Lipinski definition) is 5. The summed E-state index contributed by atoms with van der Waals surface area (Å²) < 4.78 is 6.15. The Bertz CT molecular complexity index is 414. The summed E-state index contributed by atoms with van der Waals surface area (Å²) in [4.78, 5) is 21.3. The smallest absolute Gasteiger partial charge is 0.392 e. The lowest BCUT2D eigenvalue weighted by Gasteiger charge is -2.01. The number of hydrogen-bond donors (Lipinski definition) is 0. The molecule has 0 aliphatic heterocycles. The van der Waals surface area contributed by atoms with E-state index in [0.29, 0.717) is 12.2 Å². The first-order valence-electron chi connectivity index (χ1n) is 5.38. The van der Waals surface area contributed by atoms with Crippen molar-refractivity contribution in [2.24, 2.45) is 0 Å². The molecule has 94 valence electrons. The van der Waals surface area contributed by atoms with Crippen LogP contribution in [-0.4, -0.2) is 27.3 Å². The molecule has 0 unspecified atom stereocenters. The van der Waals surface area contributed by atoms with E-state index in [-0.39, 0.29) is 12.4 Å². The number of carbonyl (C=O) groups excluding carboxylic acids is 1. The Morgan fingerprint density at radius 2 is 2.35 bits per heavy atom. The van der Waals surface area contributed by atoms with Crippen LogP contribution in [0.25, 0.3) is 0 Å². The number of nitro groups is 1. The van der Waals surface area contributed by atoms with Gasteiger partial charge >= 0.3 is 11.8 Å². The third kappa shape index (κ3) is 3.86. The summed E-state index contributed by atoms with van der Waals surface area (Å²) in [5, 5.41) is 14.2. The van der Waals surface area contributed by atoms with Gasteiger partial charge in [0.15, 0.2) is 6.54 Å². The number of aromatic nitrogens is 2. The molecule has 17 heavy (non-hydrogen) atoms. The van der Waals surface area contributed by atoms with Crippen LogP contribution in [0.15, 0.2) is 6.20 Å². The Morgan fingerprint density at radius 1 is 1.65 bits per heavy atom. The molecule has 0 N–H and O–H groups in total. The van der Waals surface area contributed by atoms with Crippen molar-refractivity contribution < 1.29 is 14.5 Å². The molecule has 1 rings (SSSR count). The molecule has 0 aliphatic carbocycles. The first kappa shape index (κ1) is 13.1. The van der Waals surface area contributed by atoms with Crippen molar-refractivity contribution in [3.63, 3.8) is 0 Å². The van der Waals surface area contributed by atoms with E-state index in [0.717, 1.165) is 12.8 Å². The molecule has 0 amide bonds. The average molecular weight is 241 g/mol. The molecule has 7 nitrogen and oxygen atoms in total. The molecule has 0 aliphatic rings. The normalized spacial score (nSPS) is 10.2. The van der Waals surface area contributed by atoms with Gasteiger partial charge in [0.1, 0.15) is 0 Å². The predicted octanol–water partition coefficient (Wildman–Crippen LogP) is 1.44. The lowest BCUT2D eigenvalue weighted by molar-refractivity contribution is -0.390. The first-order valence-corrected chi connectivity index (χ1v) is 5.38. The molecule has 0 saturated carbocycles. The first-order chi connectivity index (χ1) is 8.04. The van der Waals surface area contributed by atoms with Crippen molar-refractivity contribution in [2.45, 2.75) is 33.2 Å². The molecular formula is C10H15N3O4. The van der Waals surface area contributed by atoms with E-state index in [1.54, 1.807) is 6.92 Å². The maximum Gasteiger partial charge on any atom is 0.392 e. The molecule has 0 saturated heterocycles. The van der Waals surface area contributed by atoms with E-state index in [2.05, 4.69) is 5.10 Å². The Kier molecular flexibility index (Phi) is 4.62. The van der Waals surface area contributed by atoms with Gasteiger partial charge in [0.25, 0.3) is 0 Å². The summed E-state index contributed by atoms with van der Waals surface area (Å²) in [5.41, 5.74) is 0.427. The average Bonchev–Trinajstić information content (AvgIpc) is 2.60. The minimum absolute atomic E-state index is 0.0988.